The molecule has 0 aliphatic carbocycles. The van der Waals surface area contributed by atoms with Crippen LogP contribution in [0.4, 0.5) is 0 Å². The Kier molecular flexibility index (Phi) is 6.22. The number of nitrogens with zero attached hydrogens (tertiary/aromatic N) is 4. The van der Waals surface area contributed by atoms with Crippen LogP contribution >= 0.6 is 11.3 Å². The Bertz CT molecular complexity index is 1140. The van der Waals surface area contributed by atoms with Gasteiger partial charge in [-0.1, -0.05) is 28.9 Å². The van der Waals surface area contributed by atoms with Crippen molar-refractivity contribution in [2.24, 2.45) is 5.92 Å². The quantitative estimate of drug-likeness (QED) is 0.561. The molecule has 2 aromatic heterocycles. The number of benzene rings is 1. The Balaban J connectivity index is 1.42. The number of carbonyl (C=O) groups is 1. The number of sulfonamides is 1. The van der Waals surface area contributed by atoms with E-state index in [1.165, 1.54) is 20.5 Å². The van der Waals surface area contributed by atoms with Crippen molar-refractivity contribution in [3.05, 3.63) is 53.2 Å². The molecule has 0 radical (unpaired) electrons. The highest BCUT2D eigenvalue weighted by Gasteiger charge is 2.34. The van der Waals surface area contributed by atoms with Crippen LogP contribution in [0.3, 0.4) is 0 Å². The Morgan fingerprint density at radius 3 is 2.77 bits per heavy atom. The molecule has 1 aromatic carbocycles. The van der Waals surface area contributed by atoms with Gasteiger partial charge in [-0.2, -0.15) is 9.29 Å². The summed E-state index contributed by atoms with van der Waals surface area (Å²) in [6, 6.07) is 10.6. The average Bonchev–Trinajstić information content (AvgIpc) is 3.45. The maximum absolute atomic E-state index is 13.0. The highest BCUT2D eigenvalue weighted by atomic mass is 32.2. The van der Waals surface area contributed by atoms with Gasteiger partial charge in [0.25, 0.3) is 0 Å². The number of piperidine rings is 1. The molecular weight excluding hydrogens is 436 g/mol. The number of aryl methyl sites for hydroxylation is 1. The van der Waals surface area contributed by atoms with E-state index < -0.39 is 15.9 Å². The fraction of sp³-hybridized carbons (Fsp3) is 0.381. The lowest BCUT2D eigenvalue weighted by atomic mass is 9.98. The van der Waals surface area contributed by atoms with E-state index in [0.29, 0.717) is 31.1 Å². The topological polar surface area (TPSA) is 96.6 Å². The Morgan fingerprint density at radius 2 is 2.06 bits per heavy atom. The van der Waals surface area contributed by atoms with Crippen molar-refractivity contribution in [3.8, 4) is 10.7 Å². The van der Waals surface area contributed by atoms with E-state index in [1.54, 1.807) is 31.3 Å². The van der Waals surface area contributed by atoms with Crippen molar-refractivity contribution in [1.82, 2.24) is 19.3 Å². The maximum Gasteiger partial charge on any atom is 0.246 e. The van der Waals surface area contributed by atoms with E-state index in [0.717, 1.165) is 10.4 Å². The van der Waals surface area contributed by atoms with Crippen LogP contribution in [0.25, 0.3) is 10.7 Å². The standard InChI is InChI=1S/C21H24N4O4S2/c1-15-7-9-17(10-8-15)31(27,28)25-11-3-5-16(13-25)21(26)24(2)14-19-22-20(23-29-19)18-6-4-12-30-18/h4,6-10,12,16H,3,5,11,13-14H2,1-2H3/t16-/m0/s1. The molecule has 0 N–H and O–H groups in total. The molecule has 164 valence electrons. The summed E-state index contributed by atoms with van der Waals surface area (Å²) >= 11 is 1.51. The van der Waals surface area contributed by atoms with Crippen LogP contribution in [-0.2, 0) is 21.4 Å². The third-order valence-corrected chi connectivity index (χ3v) is 8.10. The summed E-state index contributed by atoms with van der Waals surface area (Å²) < 4.78 is 32.7. The van der Waals surface area contributed by atoms with Crippen molar-refractivity contribution in [3.63, 3.8) is 0 Å². The molecule has 1 aliphatic rings. The van der Waals surface area contributed by atoms with E-state index in [-0.39, 0.29) is 23.9 Å². The third kappa shape index (κ3) is 4.70. The summed E-state index contributed by atoms with van der Waals surface area (Å²) in [4.78, 5) is 20.0. The van der Waals surface area contributed by atoms with Gasteiger partial charge < -0.3 is 9.42 Å². The number of carbonyl (C=O) groups excluding carboxylic acids is 1. The predicted molar refractivity (Wildman–Crippen MR) is 117 cm³/mol. The molecule has 10 heteroatoms. The largest absolute Gasteiger partial charge is 0.337 e. The van der Waals surface area contributed by atoms with Gasteiger partial charge in [0.1, 0.15) is 0 Å². The molecule has 1 aliphatic heterocycles. The molecule has 4 rings (SSSR count). The Hall–Kier alpha value is -2.56. The van der Waals surface area contributed by atoms with Crippen LogP contribution in [0.15, 0.2) is 51.2 Å². The van der Waals surface area contributed by atoms with Gasteiger partial charge in [-0.25, -0.2) is 8.42 Å². The monoisotopic (exact) mass is 460 g/mol. The summed E-state index contributed by atoms with van der Waals surface area (Å²) in [6.07, 6.45) is 1.28. The van der Waals surface area contributed by atoms with Gasteiger partial charge in [0.05, 0.1) is 22.2 Å². The molecule has 0 saturated carbocycles. The minimum absolute atomic E-state index is 0.125. The third-order valence-electron chi connectivity index (χ3n) is 5.35. The Morgan fingerprint density at radius 1 is 1.29 bits per heavy atom. The van der Waals surface area contributed by atoms with E-state index >= 15 is 0 Å². The van der Waals surface area contributed by atoms with E-state index in [1.807, 2.05) is 24.4 Å². The highest BCUT2D eigenvalue weighted by molar-refractivity contribution is 7.89. The first-order valence-corrected chi connectivity index (χ1v) is 12.3. The molecule has 0 bridgehead atoms. The fourth-order valence-corrected chi connectivity index (χ4v) is 5.81. The zero-order valence-corrected chi connectivity index (χ0v) is 19.0. The van der Waals surface area contributed by atoms with Crippen LogP contribution in [0.1, 0.15) is 24.3 Å². The summed E-state index contributed by atoms with van der Waals surface area (Å²) in [5.41, 5.74) is 0.996. The van der Waals surface area contributed by atoms with Crippen LogP contribution in [0.5, 0.6) is 0 Å². The summed E-state index contributed by atoms with van der Waals surface area (Å²) in [6.45, 7) is 2.67. The van der Waals surface area contributed by atoms with Gasteiger partial charge in [-0.05, 0) is 43.3 Å². The number of hydrogen-bond donors (Lipinski definition) is 0. The number of thiophene rings is 1. The molecule has 3 heterocycles. The second-order valence-corrected chi connectivity index (χ2v) is 10.6. The van der Waals surface area contributed by atoms with Gasteiger partial charge in [-0.3, -0.25) is 4.79 Å². The van der Waals surface area contributed by atoms with Gasteiger partial charge in [0, 0.05) is 20.1 Å². The minimum Gasteiger partial charge on any atom is -0.337 e. The summed E-state index contributed by atoms with van der Waals surface area (Å²) in [5, 5.41) is 5.90. The molecule has 0 unspecified atom stereocenters. The van der Waals surface area contributed by atoms with Crippen molar-refractivity contribution in [1.29, 1.82) is 0 Å². The molecule has 3 aromatic rings. The SMILES string of the molecule is Cc1ccc(S(=O)(=O)N2CCC[C@H](C(=O)N(C)Cc3nc(-c4cccs4)no3)C2)cc1. The summed E-state index contributed by atoms with van der Waals surface area (Å²) in [7, 11) is -1.96. The second-order valence-electron chi connectivity index (χ2n) is 7.70. The maximum atomic E-state index is 13.0. The molecular formula is C21H24N4O4S2. The van der Waals surface area contributed by atoms with Crippen molar-refractivity contribution in [2.45, 2.75) is 31.2 Å². The van der Waals surface area contributed by atoms with Crippen LogP contribution in [0.2, 0.25) is 0 Å². The van der Waals surface area contributed by atoms with Crippen molar-refractivity contribution in [2.75, 3.05) is 20.1 Å². The van der Waals surface area contributed by atoms with E-state index in [2.05, 4.69) is 10.1 Å². The molecule has 1 fully saturated rings. The van der Waals surface area contributed by atoms with E-state index in [9.17, 15) is 13.2 Å². The van der Waals surface area contributed by atoms with Gasteiger partial charge >= 0.3 is 0 Å². The molecule has 31 heavy (non-hydrogen) atoms. The molecule has 1 amide bonds. The number of rotatable bonds is 6. The first-order chi connectivity index (χ1) is 14.8. The zero-order valence-electron chi connectivity index (χ0n) is 17.4. The molecule has 8 nitrogen and oxygen atoms in total. The average molecular weight is 461 g/mol. The van der Waals surface area contributed by atoms with Crippen molar-refractivity contribution >= 4 is 27.3 Å². The van der Waals surface area contributed by atoms with Crippen molar-refractivity contribution < 1.29 is 17.7 Å². The Labute approximate surface area is 185 Å². The molecule has 1 atom stereocenters. The number of amides is 1. The normalized spacial score (nSPS) is 17.5. The number of hydrogen-bond acceptors (Lipinski definition) is 7. The predicted octanol–water partition coefficient (Wildman–Crippen LogP) is 3.17. The second kappa shape index (κ2) is 8.89. The van der Waals surface area contributed by atoms with Gasteiger partial charge in [-0.15, -0.1) is 11.3 Å². The van der Waals surface area contributed by atoms with Crippen LogP contribution < -0.4 is 0 Å². The molecule has 0 spiro atoms. The van der Waals surface area contributed by atoms with Gasteiger partial charge in [0.2, 0.25) is 27.6 Å². The van der Waals surface area contributed by atoms with Crippen LogP contribution in [0, 0.1) is 12.8 Å². The smallest absolute Gasteiger partial charge is 0.246 e. The lowest BCUT2D eigenvalue weighted by molar-refractivity contribution is -0.136. The minimum atomic E-state index is -3.63. The fourth-order valence-electron chi connectivity index (χ4n) is 3.64. The highest BCUT2D eigenvalue weighted by Crippen LogP contribution is 2.26. The van der Waals surface area contributed by atoms with Crippen LogP contribution in [-0.4, -0.2) is 53.8 Å². The zero-order chi connectivity index (χ0) is 22.0. The lowest BCUT2D eigenvalue weighted by Crippen LogP contribution is -2.45. The van der Waals surface area contributed by atoms with Gasteiger partial charge in [0.15, 0.2) is 0 Å². The first kappa shape index (κ1) is 21.7. The summed E-state index contributed by atoms with van der Waals surface area (Å²) in [5.74, 6) is 0.316. The number of aromatic nitrogens is 2. The lowest BCUT2D eigenvalue weighted by Gasteiger charge is -2.33. The van der Waals surface area contributed by atoms with E-state index in [4.69, 9.17) is 4.52 Å². The molecule has 1 saturated heterocycles. The first-order valence-electron chi connectivity index (χ1n) is 10.0.